The van der Waals surface area contributed by atoms with Crippen molar-refractivity contribution in [2.24, 2.45) is 5.92 Å². The van der Waals surface area contributed by atoms with Crippen LogP contribution in [0.2, 0.25) is 0 Å². The Labute approximate surface area is 88.3 Å². The van der Waals surface area contributed by atoms with Crippen LogP contribution in [-0.2, 0) is 0 Å². The average Bonchev–Trinajstić information content (AvgIpc) is 2.94. The first-order chi connectivity index (χ1) is 7.15. The van der Waals surface area contributed by atoms with Crippen molar-refractivity contribution >= 4 is 5.91 Å². The van der Waals surface area contributed by atoms with Crippen molar-refractivity contribution in [3.8, 4) is 0 Å². The van der Waals surface area contributed by atoms with Gasteiger partial charge in [0.05, 0.1) is 24.0 Å². The van der Waals surface area contributed by atoms with E-state index in [1.54, 1.807) is 6.07 Å². The Morgan fingerprint density at radius 2 is 2.47 bits per heavy atom. The van der Waals surface area contributed by atoms with Crippen molar-refractivity contribution in [3.63, 3.8) is 0 Å². The monoisotopic (exact) mass is 209 g/mol. The highest BCUT2D eigenvalue weighted by Gasteiger charge is 2.42. The molecule has 1 aliphatic rings. The predicted octanol–water partition coefficient (Wildman–Crippen LogP) is 1.17. The van der Waals surface area contributed by atoms with Gasteiger partial charge in [0.25, 0.3) is 5.91 Å². The van der Waals surface area contributed by atoms with Crippen molar-refractivity contribution in [2.45, 2.75) is 25.3 Å². The van der Waals surface area contributed by atoms with Gasteiger partial charge in [0.2, 0.25) is 0 Å². The highest BCUT2D eigenvalue weighted by Crippen LogP contribution is 2.39. The molecule has 0 radical (unpaired) electrons. The summed E-state index contributed by atoms with van der Waals surface area (Å²) in [5, 5.41) is 12.2. The molecule has 1 saturated carbocycles. The smallest absolute Gasteiger partial charge is 0.255 e. The van der Waals surface area contributed by atoms with Gasteiger partial charge < -0.3 is 14.8 Å². The molecule has 0 bridgehead atoms. The average molecular weight is 209 g/mol. The fourth-order valence-corrected chi connectivity index (χ4v) is 1.72. The molecule has 1 heterocycles. The molecule has 1 aliphatic carbocycles. The minimum absolute atomic E-state index is 0.0265. The van der Waals surface area contributed by atoms with Gasteiger partial charge >= 0.3 is 0 Å². The highest BCUT2D eigenvalue weighted by atomic mass is 16.3. The van der Waals surface area contributed by atoms with E-state index in [2.05, 4.69) is 5.32 Å². The van der Waals surface area contributed by atoms with Crippen molar-refractivity contribution in [3.05, 3.63) is 24.2 Å². The largest absolute Gasteiger partial charge is 0.472 e. The summed E-state index contributed by atoms with van der Waals surface area (Å²) in [5.74, 6) is 0.213. The van der Waals surface area contributed by atoms with E-state index < -0.39 is 5.54 Å². The summed E-state index contributed by atoms with van der Waals surface area (Å²) in [4.78, 5) is 11.7. The lowest BCUT2D eigenvalue weighted by Crippen LogP contribution is -2.50. The van der Waals surface area contributed by atoms with Gasteiger partial charge in [-0.1, -0.05) is 0 Å². The molecule has 1 amide bonds. The molecule has 2 N–H and O–H groups in total. The van der Waals surface area contributed by atoms with Gasteiger partial charge in [-0.2, -0.15) is 0 Å². The van der Waals surface area contributed by atoms with Crippen LogP contribution in [0.3, 0.4) is 0 Å². The van der Waals surface area contributed by atoms with Crippen molar-refractivity contribution in [2.75, 3.05) is 6.61 Å². The molecular formula is C11H15NO3. The minimum Gasteiger partial charge on any atom is -0.472 e. The summed E-state index contributed by atoms with van der Waals surface area (Å²) in [7, 11) is 0. The van der Waals surface area contributed by atoms with Crippen molar-refractivity contribution in [1.29, 1.82) is 0 Å². The number of rotatable bonds is 4. The Hall–Kier alpha value is -1.29. The topological polar surface area (TPSA) is 62.5 Å². The van der Waals surface area contributed by atoms with Gasteiger partial charge in [0, 0.05) is 0 Å². The molecule has 0 saturated heterocycles. The maximum atomic E-state index is 11.7. The van der Waals surface area contributed by atoms with Crippen LogP contribution < -0.4 is 5.32 Å². The zero-order valence-electron chi connectivity index (χ0n) is 8.69. The lowest BCUT2D eigenvalue weighted by atomic mass is 9.96. The van der Waals surface area contributed by atoms with Crippen LogP contribution in [0, 0.1) is 5.92 Å². The molecule has 2 rings (SSSR count). The minimum atomic E-state index is -0.492. The maximum Gasteiger partial charge on any atom is 0.255 e. The molecule has 0 aliphatic heterocycles. The van der Waals surface area contributed by atoms with Gasteiger partial charge in [0.15, 0.2) is 0 Å². The summed E-state index contributed by atoms with van der Waals surface area (Å²) in [6.07, 6.45) is 5.01. The summed E-state index contributed by atoms with van der Waals surface area (Å²) in [6, 6.07) is 1.61. The van der Waals surface area contributed by atoms with Crippen molar-refractivity contribution in [1.82, 2.24) is 5.32 Å². The SMILES string of the molecule is CC(CO)(NC(=O)c1ccoc1)C1CC1. The fourth-order valence-electron chi connectivity index (χ4n) is 1.72. The summed E-state index contributed by atoms with van der Waals surface area (Å²) >= 11 is 0. The Morgan fingerprint density at radius 1 is 1.73 bits per heavy atom. The third kappa shape index (κ3) is 2.04. The van der Waals surface area contributed by atoms with E-state index in [-0.39, 0.29) is 12.5 Å². The third-order valence-corrected chi connectivity index (χ3v) is 2.99. The lowest BCUT2D eigenvalue weighted by molar-refractivity contribution is 0.0824. The van der Waals surface area contributed by atoms with Gasteiger partial charge in [0.1, 0.15) is 6.26 Å². The summed E-state index contributed by atoms with van der Waals surface area (Å²) in [6.45, 7) is 1.85. The van der Waals surface area contributed by atoms with Gasteiger partial charge in [-0.15, -0.1) is 0 Å². The Kier molecular flexibility index (Phi) is 2.52. The molecule has 82 valence electrons. The molecule has 0 spiro atoms. The zero-order chi connectivity index (χ0) is 10.9. The van der Waals surface area contributed by atoms with Gasteiger partial charge in [-0.05, 0) is 31.7 Å². The van der Waals surface area contributed by atoms with Crippen LogP contribution in [0.4, 0.5) is 0 Å². The van der Waals surface area contributed by atoms with E-state index in [0.29, 0.717) is 11.5 Å². The van der Waals surface area contributed by atoms with Crippen LogP contribution in [-0.4, -0.2) is 23.2 Å². The number of hydrogen-bond donors (Lipinski definition) is 2. The quantitative estimate of drug-likeness (QED) is 0.782. The molecular weight excluding hydrogens is 194 g/mol. The van der Waals surface area contributed by atoms with Crippen LogP contribution >= 0.6 is 0 Å². The van der Waals surface area contributed by atoms with Crippen LogP contribution in [0.15, 0.2) is 23.0 Å². The van der Waals surface area contributed by atoms with Crippen LogP contribution in [0.5, 0.6) is 0 Å². The number of carbonyl (C=O) groups is 1. The van der Waals surface area contributed by atoms with E-state index in [9.17, 15) is 9.90 Å². The third-order valence-electron chi connectivity index (χ3n) is 2.99. The number of furan rings is 1. The Balaban J connectivity index is 2.04. The maximum absolute atomic E-state index is 11.7. The highest BCUT2D eigenvalue weighted by molar-refractivity contribution is 5.94. The van der Waals surface area contributed by atoms with Gasteiger partial charge in [-0.25, -0.2) is 0 Å². The van der Waals surface area contributed by atoms with E-state index >= 15 is 0 Å². The molecule has 4 nitrogen and oxygen atoms in total. The number of amides is 1. The first kappa shape index (κ1) is 10.2. The van der Waals surface area contributed by atoms with E-state index in [1.807, 2.05) is 6.92 Å². The fraction of sp³-hybridized carbons (Fsp3) is 0.545. The summed E-state index contributed by atoms with van der Waals surface area (Å²) in [5.41, 5.74) is 0.00396. The van der Waals surface area contributed by atoms with E-state index in [0.717, 1.165) is 12.8 Å². The second-order valence-corrected chi connectivity index (χ2v) is 4.32. The second kappa shape index (κ2) is 3.70. The predicted molar refractivity (Wildman–Crippen MR) is 54.4 cm³/mol. The Bertz CT molecular complexity index is 343. The second-order valence-electron chi connectivity index (χ2n) is 4.32. The first-order valence-corrected chi connectivity index (χ1v) is 5.11. The molecule has 0 aromatic carbocycles. The zero-order valence-corrected chi connectivity index (χ0v) is 8.69. The number of hydrogen-bond acceptors (Lipinski definition) is 3. The molecule has 1 fully saturated rings. The number of carbonyl (C=O) groups excluding carboxylic acids is 1. The van der Waals surface area contributed by atoms with Crippen molar-refractivity contribution < 1.29 is 14.3 Å². The lowest BCUT2D eigenvalue weighted by Gasteiger charge is -2.28. The number of nitrogens with one attached hydrogen (secondary N) is 1. The summed E-state index contributed by atoms with van der Waals surface area (Å²) < 4.78 is 4.84. The van der Waals surface area contributed by atoms with Gasteiger partial charge in [-0.3, -0.25) is 4.79 Å². The van der Waals surface area contributed by atoms with Crippen LogP contribution in [0.25, 0.3) is 0 Å². The van der Waals surface area contributed by atoms with E-state index in [1.165, 1.54) is 12.5 Å². The molecule has 1 aromatic rings. The normalized spacial score (nSPS) is 19.6. The molecule has 1 unspecified atom stereocenters. The standard InChI is InChI=1S/C11H15NO3/c1-11(7-13,9-2-3-9)12-10(14)8-4-5-15-6-8/h4-6,9,13H,2-3,7H2,1H3,(H,12,14). The Morgan fingerprint density at radius 3 is 2.93 bits per heavy atom. The molecule has 4 heteroatoms. The van der Waals surface area contributed by atoms with Crippen LogP contribution in [0.1, 0.15) is 30.1 Å². The number of aliphatic hydroxyl groups is 1. The van der Waals surface area contributed by atoms with E-state index in [4.69, 9.17) is 4.42 Å². The molecule has 1 aromatic heterocycles. The number of aliphatic hydroxyl groups excluding tert-OH is 1. The molecule has 1 atom stereocenters. The first-order valence-electron chi connectivity index (χ1n) is 5.11. The molecule has 15 heavy (non-hydrogen) atoms.